The number of pyridine rings is 1. The van der Waals surface area contributed by atoms with Crippen molar-refractivity contribution < 1.29 is 0 Å². The summed E-state index contributed by atoms with van der Waals surface area (Å²) in [6.07, 6.45) is 4.03. The smallest absolute Gasteiger partial charge is 0.103 e. The topological polar surface area (TPSA) is 39.9 Å². The third-order valence-electron chi connectivity index (χ3n) is 4.20. The van der Waals surface area contributed by atoms with Crippen LogP contribution in [0.1, 0.15) is 39.2 Å². The van der Waals surface area contributed by atoms with Crippen molar-refractivity contribution in [1.82, 2.24) is 4.98 Å². The van der Waals surface area contributed by atoms with Crippen LogP contribution < -0.4 is 4.90 Å². The summed E-state index contributed by atoms with van der Waals surface area (Å²) < 4.78 is 0. The fraction of sp³-hybridized carbons (Fsp3) is 0.444. The average Bonchev–Trinajstić information content (AvgIpc) is 2.55. The number of hydrogen-bond acceptors (Lipinski definition) is 3. The van der Waals surface area contributed by atoms with Crippen molar-refractivity contribution in [3.05, 3.63) is 36.0 Å². The lowest BCUT2D eigenvalue weighted by molar-refractivity contribution is 0.486. The second-order valence-electron chi connectivity index (χ2n) is 5.37. The monoisotopic (exact) mass is 281 g/mol. The zero-order valence-electron chi connectivity index (χ0n) is 13.1. The van der Waals surface area contributed by atoms with Gasteiger partial charge in [-0.05, 0) is 18.9 Å². The van der Waals surface area contributed by atoms with Crippen LogP contribution in [0.5, 0.6) is 0 Å². The molecule has 3 heteroatoms. The molecule has 110 valence electrons. The normalized spacial score (nSPS) is 10.8. The van der Waals surface area contributed by atoms with Crippen LogP contribution in [0, 0.1) is 17.2 Å². The van der Waals surface area contributed by atoms with Crippen LogP contribution in [-0.2, 0) is 0 Å². The number of para-hydroxylation sites is 1. The Kier molecular flexibility index (Phi) is 5.16. The minimum atomic E-state index is 0.656. The van der Waals surface area contributed by atoms with Gasteiger partial charge >= 0.3 is 0 Å². The fourth-order valence-electron chi connectivity index (χ4n) is 2.79. The van der Waals surface area contributed by atoms with Crippen molar-refractivity contribution in [3.8, 4) is 6.07 Å². The molecule has 0 fully saturated rings. The van der Waals surface area contributed by atoms with Crippen LogP contribution in [0.15, 0.2) is 30.5 Å². The first-order valence-corrected chi connectivity index (χ1v) is 7.77. The van der Waals surface area contributed by atoms with Gasteiger partial charge in [0.25, 0.3) is 0 Å². The van der Waals surface area contributed by atoms with Crippen LogP contribution in [-0.4, -0.2) is 18.1 Å². The molecule has 0 aliphatic carbocycles. The number of hydrogen-bond donors (Lipinski definition) is 0. The Labute approximate surface area is 127 Å². The van der Waals surface area contributed by atoms with Crippen molar-refractivity contribution in [1.29, 1.82) is 5.26 Å². The standard InChI is InChI=1S/C18H23N3/c1-4-14(5-2)13-21(6-3)18-15(11-19)12-20-17-10-8-7-9-16(17)18/h7-10,12,14H,4-6,13H2,1-3H3. The van der Waals surface area contributed by atoms with Gasteiger partial charge in [0.1, 0.15) is 6.07 Å². The number of fused-ring (bicyclic) bond motifs is 1. The molecule has 3 nitrogen and oxygen atoms in total. The minimum Gasteiger partial charge on any atom is -0.370 e. The average molecular weight is 281 g/mol. The summed E-state index contributed by atoms with van der Waals surface area (Å²) in [5.41, 5.74) is 2.66. The summed E-state index contributed by atoms with van der Waals surface area (Å²) in [4.78, 5) is 6.73. The highest BCUT2D eigenvalue weighted by Crippen LogP contribution is 2.30. The number of aromatic nitrogens is 1. The molecule has 0 aliphatic rings. The van der Waals surface area contributed by atoms with Crippen LogP contribution in [0.4, 0.5) is 5.69 Å². The van der Waals surface area contributed by atoms with E-state index in [-0.39, 0.29) is 0 Å². The van der Waals surface area contributed by atoms with Crippen molar-refractivity contribution in [2.75, 3.05) is 18.0 Å². The highest BCUT2D eigenvalue weighted by molar-refractivity contribution is 5.94. The second-order valence-corrected chi connectivity index (χ2v) is 5.37. The molecule has 21 heavy (non-hydrogen) atoms. The molecule has 0 spiro atoms. The predicted octanol–water partition coefficient (Wildman–Crippen LogP) is 4.37. The molecule has 0 saturated carbocycles. The van der Waals surface area contributed by atoms with Crippen LogP contribution in [0.3, 0.4) is 0 Å². The lowest BCUT2D eigenvalue weighted by atomic mass is 10.0. The summed E-state index contributed by atoms with van der Waals surface area (Å²) in [5.74, 6) is 0.656. The minimum absolute atomic E-state index is 0.656. The van der Waals surface area contributed by atoms with Gasteiger partial charge in [0.2, 0.25) is 0 Å². The van der Waals surface area contributed by atoms with Gasteiger partial charge in [-0.25, -0.2) is 0 Å². The number of rotatable bonds is 6. The summed E-state index contributed by atoms with van der Waals surface area (Å²) in [6, 6.07) is 10.4. The molecular weight excluding hydrogens is 258 g/mol. The van der Waals surface area contributed by atoms with E-state index in [9.17, 15) is 5.26 Å². The third-order valence-corrected chi connectivity index (χ3v) is 4.20. The van der Waals surface area contributed by atoms with Crippen molar-refractivity contribution >= 4 is 16.6 Å². The molecule has 1 aromatic heterocycles. The first kappa shape index (κ1) is 15.3. The molecule has 0 atom stereocenters. The maximum atomic E-state index is 9.45. The van der Waals surface area contributed by atoms with Crippen LogP contribution in [0.25, 0.3) is 10.9 Å². The molecule has 2 rings (SSSR count). The van der Waals surface area contributed by atoms with Crippen LogP contribution in [0.2, 0.25) is 0 Å². The molecular formula is C18H23N3. The molecule has 0 saturated heterocycles. The van der Waals surface area contributed by atoms with Gasteiger partial charge in [-0.3, -0.25) is 4.98 Å². The Morgan fingerprint density at radius 1 is 1.19 bits per heavy atom. The lowest BCUT2D eigenvalue weighted by Crippen LogP contribution is -2.30. The van der Waals surface area contributed by atoms with Gasteiger partial charge in [-0.1, -0.05) is 44.9 Å². The number of nitrogens with zero attached hydrogens (tertiary/aromatic N) is 3. The van der Waals surface area contributed by atoms with E-state index in [0.717, 1.165) is 42.5 Å². The molecule has 1 heterocycles. The highest BCUT2D eigenvalue weighted by atomic mass is 15.1. The van der Waals surface area contributed by atoms with Crippen molar-refractivity contribution in [3.63, 3.8) is 0 Å². The van der Waals surface area contributed by atoms with Gasteiger partial charge in [0.05, 0.1) is 16.8 Å². The lowest BCUT2D eigenvalue weighted by Gasteiger charge is -2.29. The Bertz CT molecular complexity index is 638. The summed E-state index contributed by atoms with van der Waals surface area (Å²) >= 11 is 0. The van der Waals surface area contributed by atoms with E-state index in [2.05, 4.69) is 42.8 Å². The number of anilines is 1. The van der Waals surface area contributed by atoms with E-state index in [4.69, 9.17) is 0 Å². The number of nitriles is 1. The molecule has 0 N–H and O–H groups in total. The molecule has 0 aliphatic heterocycles. The van der Waals surface area contributed by atoms with Gasteiger partial charge in [0.15, 0.2) is 0 Å². The maximum Gasteiger partial charge on any atom is 0.103 e. The van der Waals surface area contributed by atoms with Gasteiger partial charge in [-0.15, -0.1) is 0 Å². The van der Waals surface area contributed by atoms with E-state index < -0.39 is 0 Å². The van der Waals surface area contributed by atoms with Crippen molar-refractivity contribution in [2.45, 2.75) is 33.6 Å². The summed E-state index contributed by atoms with van der Waals surface area (Å²) in [5, 5.41) is 10.5. The Morgan fingerprint density at radius 2 is 1.90 bits per heavy atom. The third kappa shape index (κ3) is 3.16. The Morgan fingerprint density at radius 3 is 2.52 bits per heavy atom. The van der Waals surface area contributed by atoms with Crippen LogP contribution >= 0.6 is 0 Å². The maximum absolute atomic E-state index is 9.45. The summed E-state index contributed by atoms with van der Waals surface area (Å²) in [7, 11) is 0. The molecule has 0 amide bonds. The van der Waals surface area contributed by atoms with Gasteiger partial charge in [-0.2, -0.15) is 5.26 Å². The quantitative estimate of drug-likeness (QED) is 0.789. The van der Waals surface area contributed by atoms with Gasteiger partial charge in [0, 0.05) is 24.7 Å². The first-order chi connectivity index (χ1) is 10.2. The zero-order valence-corrected chi connectivity index (χ0v) is 13.1. The second kappa shape index (κ2) is 7.08. The first-order valence-electron chi connectivity index (χ1n) is 7.77. The van der Waals surface area contributed by atoms with E-state index in [1.807, 2.05) is 18.2 Å². The highest BCUT2D eigenvalue weighted by Gasteiger charge is 2.17. The molecule has 0 bridgehead atoms. The largest absolute Gasteiger partial charge is 0.370 e. The molecule has 2 aromatic rings. The van der Waals surface area contributed by atoms with E-state index in [1.165, 1.54) is 0 Å². The Hall–Kier alpha value is -2.08. The van der Waals surface area contributed by atoms with E-state index in [0.29, 0.717) is 11.5 Å². The Balaban J connectivity index is 2.53. The SMILES string of the molecule is CCC(CC)CN(CC)c1c(C#N)cnc2ccccc12. The van der Waals surface area contributed by atoms with Gasteiger partial charge < -0.3 is 4.90 Å². The molecule has 1 aromatic carbocycles. The summed E-state index contributed by atoms with van der Waals surface area (Å²) in [6.45, 7) is 8.51. The zero-order chi connectivity index (χ0) is 15.2. The van der Waals surface area contributed by atoms with Crippen molar-refractivity contribution in [2.24, 2.45) is 5.92 Å². The van der Waals surface area contributed by atoms with E-state index in [1.54, 1.807) is 6.20 Å². The fourth-order valence-corrected chi connectivity index (χ4v) is 2.79. The van der Waals surface area contributed by atoms with E-state index >= 15 is 0 Å². The molecule has 0 unspecified atom stereocenters. The predicted molar refractivity (Wildman–Crippen MR) is 88.4 cm³/mol. The molecule has 0 radical (unpaired) electrons. The number of benzene rings is 1.